The number of thioether (sulfide) groups is 1. The van der Waals surface area contributed by atoms with Crippen LogP contribution in [0.5, 0.6) is 0 Å². The van der Waals surface area contributed by atoms with Crippen LogP contribution < -0.4 is 10.2 Å². The van der Waals surface area contributed by atoms with Crippen LogP contribution in [0.2, 0.25) is 0 Å². The van der Waals surface area contributed by atoms with Gasteiger partial charge in [-0.05, 0) is 18.1 Å². The molecule has 1 saturated heterocycles. The lowest BCUT2D eigenvalue weighted by atomic mass is 10.1. The lowest BCUT2D eigenvalue weighted by molar-refractivity contribution is -0.122. The zero-order chi connectivity index (χ0) is 22.0. The minimum absolute atomic E-state index is 0.124. The molecule has 2 aliphatic heterocycles. The van der Waals surface area contributed by atoms with Gasteiger partial charge in [-0.25, -0.2) is 0 Å². The van der Waals surface area contributed by atoms with E-state index < -0.39 is 0 Å². The van der Waals surface area contributed by atoms with Crippen molar-refractivity contribution in [1.82, 2.24) is 10.2 Å². The molecule has 0 bridgehead atoms. The molecule has 3 amide bonds. The van der Waals surface area contributed by atoms with Crippen LogP contribution in [0.4, 0.5) is 5.69 Å². The number of anilines is 1. The summed E-state index contributed by atoms with van der Waals surface area (Å²) in [6.45, 7) is 2.74. The summed E-state index contributed by atoms with van der Waals surface area (Å²) in [5.74, 6) is -0.870. The molecule has 2 aromatic rings. The zero-order valence-electron chi connectivity index (χ0n) is 17.0. The molecular formula is C23H21N3O3S2. The third kappa shape index (κ3) is 4.13. The van der Waals surface area contributed by atoms with Crippen molar-refractivity contribution >= 4 is 57.3 Å². The standard InChI is InChI=1S/C23H21N3O3S2/c1-2-12-25-22(29)20(31-23(25)30)19-16-10-6-7-11-17(16)26(21(19)28)14-18(27)24-13-15-8-4-3-5-9-15/h3-11H,2,12-14H2,1H3,(H,24,27)/b20-19-. The molecule has 0 unspecified atom stereocenters. The van der Waals surface area contributed by atoms with Crippen LogP contribution in [0.1, 0.15) is 24.5 Å². The van der Waals surface area contributed by atoms with Crippen molar-refractivity contribution in [3.05, 3.63) is 70.6 Å². The van der Waals surface area contributed by atoms with Crippen molar-refractivity contribution in [2.45, 2.75) is 19.9 Å². The molecule has 31 heavy (non-hydrogen) atoms. The molecule has 2 heterocycles. The molecule has 0 spiro atoms. The van der Waals surface area contributed by atoms with Crippen molar-refractivity contribution in [1.29, 1.82) is 0 Å². The van der Waals surface area contributed by atoms with E-state index in [2.05, 4.69) is 5.32 Å². The summed E-state index contributed by atoms with van der Waals surface area (Å²) in [5, 5.41) is 2.85. The van der Waals surface area contributed by atoms with E-state index in [0.717, 1.165) is 23.7 Å². The number of carbonyl (C=O) groups excluding carboxylic acids is 3. The van der Waals surface area contributed by atoms with E-state index in [1.54, 1.807) is 12.1 Å². The molecule has 0 saturated carbocycles. The van der Waals surface area contributed by atoms with Gasteiger partial charge in [0.25, 0.3) is 11.8 Å². The van der Waals surface area contributed by atoms with Crippen molar-refractivity contribution in [2.75, 3.05) is 18.0 Å². The minimum Gasteiger partial charge on any atom is -0.350 e. The zero-order valence-corrected chi connectivity index (χ0v) is 18.6. The molecular weight excluding hydrogens is 430 g/mol. The number of hydrogen-bond donors (Lipinski definition) is 1. The van der Waals surface area contributed by atoms with Gasteiger partial charge in [-0.2, -0.15) is 0 Å². The summed E-state index contributed by atoms with van der Waals surface area (Å²) in [4.78, 5) is 42.2. The maximum Gasteiger partial charge on any atom is 0.267 e. The number of nitrogens with one attached hydrogen (secondary N) is 1. The maximum absolute atomic E-state index is 13.3. The Kier molecular flexibility index (Phi) is 6.20. The monoisotopic (exact) mass is 451 g/mol. The van der Waals surface area contributed by atoms with E-state index in [1.165, 1.54) is 9.80 Å². The number of nitrogens with zero attached hydrogens (tertiary/aromatic N) is 2. The molecule has 0 aliphatic carbocycles. The summed E-state index contributed by atoms with van der Waals surface area (Å²) < 4.78 is 0.457. The SMILES string of the molecule is CCCN1C(=O)/C(=C2/C(=O)N(CC(=O)NCc3ccccc3)c3ccccc32)SC1=S. The molecule has 2 aliphatic rings. The van der Waals surface area contributed by atoms with Crippen molar-refractivity contribution in [3.63, 3.8) is 0 Å². The molecule has 6 nitrogen and oxygen atoms in total. The number of rotatable bonds is 6. The van der Waals surface area contributed by atoms with Crippen LogP contribution in [0.3, 0.4) is 0 Å². The fraction of sp³-hybridized carbons (Fsp3) is 0.217. The Balaban J connectivity index is 1.59. The fourth-order valence-electron chi connectivity index (χ4n) is 3.62. The predicted molar refractivity (Wildman–Crippen MR) is 126 cm³/mol. The number of fused-ring (bicyclic) bond motifs is 1. The van der Waals surface area contributed by atoms with Gasteiger partial charge in [0.15, 0.2) is 0 Å². The van der Waals surface area contributed by atoms with E-state index in [9.17, 15) is 14.4 Å². The maximum atomic E-state index is 13.3. The fourth-order valence-corrected chi connectivity index (χ4v) is 5.00. The largest absolute Gasteiger partial charge is 0.350 e. The second-order valence-electron chi connectivity index (χ2n) is 7.20. The molecule has 158 valence electrons. The summed E-state index contributed by atoms with van der Waals surface area (Å²) >= 11 is 6.51. The minimum atomic E-state index is -0.354. The third-order valence-electron chi connectivity index (χ3n) is 5.08. The first-order valence-electron chi connectivity index (χ1n) is 10.0. The first-order chi connectivity index (χ1) is 15.0. The molecule has 1 N–H and O–H groups in total. The van der Waals surface area contributed by atoms with Gasteiger partial charge in [-0.1, -0.05) is 79.4 Å². The molecule has 1 fully saturated rings. The Morgan fingerprint density at radius 2 is 1.71 bits per heavy atom. The van der Waals surface area contributed by atoms with E-state index in [4.69, 9.17) is 12.2 Å². The Bertz CT molecular complexity index is 1100. The Morgan fingerprint density at radius 1 is 1.00 bits per heavy atom. The van der Waals surface area contributed by atoms with Crippen molar-refractivity contribution in [3.8, 4) is 0 Å². The summed E-state index contributed by atoms with van der Waals surface area (Å²) in [7, 11) is 0. The first kappa shape index (κ1) is 21.3. The van der Waals surface area contributed by atoms with Crippen LogP contribution in [0.15, 0.2) is 59.5 Å². The summed E-state index contributed by atoms with van der Waals surface area (Å²) in [6.07, 6.45) is 0.771. The Hall–Kier alpha value is -2.97. The van der Waals surface area contributed by atoms with Gasteiger partial charge in [0, 0.05) is 18.7 Å². The lowest BCUT2D eigenvalue weighted by Crippen LogP contribution is -2.38. The average molecular weight is 452 g/mol. The molecule has 8 heteroatoms. The van der Waals surface area contributed by atoms with Gasteiger partial charge in [0.2, 0.25) is 5.91 Å². The summed E-state index contributed by atoms with van der Waals surface area (Å²) in [5.41, 5.74) is 2.57. The number of benzene rings is 2. The second kappa shape index (κ2) is 9.03. The van der Waals surface area contributed by atoms with Crippen LogP contribution in [-0.4, -0.2) is 40.0 Å². The van der Waals surface area contributed by atoms with Crippen molar-refractivity contribution in [2.24, 2.45) is 0 Å². The lowest BCUT2D eigenvalue weighted by Gasteiger charge is -2.16. The number of thiocarbonyl (C=S) groups is 1. The number of para-hydroxylation sites is 1. The van der Waals surface area contributed by atoms with Gasteiger partial charge in [0.05, 0.1) is 16.2 Å². The van der Waals surface area contributed by atoms with Crippen LogP contribution in [0, 0.1) is 0 Å². The van der Waals surface area contributed by atoms with Gasteiger partial charge in [-0.3, -0.25) is 24.2 Å². The highest BCUT2D eigenvalue weighted by Gasteiger charge is 2.42. The van der Waals surface area contributed by atoms with Gasteiger partial charge >= 0.3 is 0 Å². The first-order valence-corrected chi connectivity index (χ1v) is 11.2. The molecule has 0 atom stereocenters. The summed E-state index contributed by atoms with van der Waals surface area (Å²) in [6, 6.07) is 16.8. The van der Waals surface area contributed by atoms with E-state index in [-0.39, 0.29) is 24.3 Å². The second-order valence-corrected chi connectivity index (χ2v) is 8.84. The molecule has 0 aromatic heterocycles. The van der Waals surface area contributed by atoms with Gasteiger partial charge in [0.1, 0.15) is 10.9 Å². The van der Waals surface area contributed by atoms with Gasteiger partial charge in [-0.15, -0.1) is 0 Å². The van der Waals surface area contributed by atoms with E-state index in [1.807, 2.05) is 49.4 Å². The van der Waals surface area contributed by atoms with Crippen molar-refractivity contribution < 1.29 is 14.4 Å². The van der Waals surface area contributed by atoms with Crippen LogP contribution >= 0.6 is 24.0 Å². The quantitative estimate of drug-likeness (QED) is 0.539. The highest BCUT2D eigenvalue weighted by atomic mass is 32.2. The number of hydrogen-bond acceptors (Lipinski definition) is 5. The van der Waals surface area contributed by atoms with E-state index >= 15 is 0 Å². The third-order valence-corrected chi connectivity index (χ3v) is 6.53. The highest BCUT2D eigenvalue weighted by Crippen LogP contribution is 2.44. The normalized spacial score (nSPS) is 18.0. The average Bonchev–Trinajstić information content (AvgIpc) is 3.21. The molecule has 4 rings (SSSR count). The van der Waals surface area contributed by atoms with E-state index in [0.29, 0.717) is 39.1 Å². The molecule has 2 aromatic carbocycles. The van der Waals surface area contributed by atoms with Crippen LogP contribution in [-0.2, 0) is 20.9 Å². The van der Waals surface area contributed by atoms with Gasteiger partial charge < -0.3 is 5.32 Å². The Labute approximate surface area is 190 Å². The topological polar surface area (TPSA) is 69.7 Å². The number of carbonyl (C=O) groups is 3. The number of amides is 3. The highest BCUT2D eigenvalue weighted by molar-refractivity contribution is 8.26. The Morgan fingerprint density at radius 3 is 2.45 bits per heavy atom. The predicted octanol–water partition coefficient (Wildman–Crippen LogP) is 3.33. The smallest absolute Gasteiger partial charge is 0.267 e. The molecule has 0 radical (unpaired) electrons. The van der Waals surface area contributed by atoms with Crippen LogP contribution in [0.25, 0.3) is 5.57 Å².